The van der Waals surface area contributed by atoms with E-state index in [4.69, 9.17) is 19.2 Å². The summed E-state index contributed by atoms with van der Waals surface area (Å²) in [5.74, 6) is -1.02. The molecule has 0 radical (unpaired) electrons. The predicted octanol–water partition coefficient (Wildman–Crippen LogP) is 2.19. The number of aromatic nitrogens is 4. The topological polar surface area (TPSA) is 211 Å². The van der Waals surface area contributed by atoms with Crippen molar-refractivity contribution in [2.75, 3.05) is 47.1 Å². The maximum atomic E-state index is 14.3. The summed E-state index contributed by atoms with van der Waals surface area (Å²) >= 11 is 0. The van der Waals surface area contributed by atoms with Gasteiger partial charge in [-0.3, -0.25) is 24.0 Å². The molecule has 59 heavy (non-hydrogen) atoms. The molecule has 17 heteroatoms. The number of methoxy groups -OCH3 is 2. The minimum atomic E-state index is -1.10. The van der Waals surface area contributed by atoms with Crippen LogP contribution < -0.4 is 30.7 Å². The summed E-state index contributed by atoms with van der Waals surface area (Å²) in [5.41, 5.74) is 2.50. The van der Waals surface area contributed by atoms with Crippen LogP contribution in [0.4, 0.5) is 0 Å². The number of hydrogen-bond donors (Lipinski definition) is 5. The number of rotatable bonds is 9. The van der Waals surface area contributed by atoms with Gasteiger partial charge in [-0.2, -0.15) is 5.10 Å². The number of carbonyl (C=O) groups excluding carboxylic acids is 5. The van der Waals surface area contributed by atoms with Crippen LogP contribution in [0.25, 0.3) is 10.9 Å². The highest BCUT2D eigenvalue weighted by atomic mass is 16.5. The smallest absolute Gasteiger partial charge is 0.243 e. The first-order valence-corrected chi connectivity index (χ1v) is 20.2. The Balaban J connectivity index is 1.33. The molecule has 4 aromatic rings. The van der Waals surface area contributed by atoms with E-state index < -0.39 is 41.8 Å². The lowest BCUT2D eigenvalue weighted by Gasteiger charge is -2.30. The molecule has 316 valence electrons. The normalized spacial score (nSPS) is 21.0. The van der Waals surface area contributed by atoms with Gasteiger partial charge in [0.1, 0.15) is 24.5 Å². The Labute approximate surface area is 343 Å². The van der Waals surface area contributed by atoms with Gasteiger partial charge < -0.3 is 45.4 Å². The maximum Gasteiger partial charge on any atom is 0.243 e. The van der Waals surface area contributed by atoms with E-state index in [0.717, 1.165) is 22.0 Å². The molecular formula is C42H55N9O8. The van der Waals surface area contributed by atoms with Crippen LogP contribution in [0.3, 0.4) is 0 Å². The van der Waals surface area contributed by atoms with Crippen LogP contribution in [-0.4, -0.2) is 113 Å². The number of fused-ring (bicyclic) bond motifs is 2. The molecule has 2 aliphatic rings. The van der Waals surface area contributed by atoms with Gasteiger partial charge in [0.25, 0.3) is 0 Å². The van der Waals surface area contributed by atoms with Crippen molar-refractivity contribution in [1.29, 1.82) is 0 Å². The molecule has 1 fully saturated rings. The van der Waals surface area contributed by atoms with Crippen LogP contribution in [0.1, 0.15) is 68.9 Å². The standard InChI is InChI=1S/C42H55N9O8/c1-6-25(2)38-41(55)45-26(3)39-47-35(20-27-11-12-33(57-4)34(19-27)58-5)49-51(39)24-36(52)43-15-16-50(42(56)28-13-17-59-18-14-28)23-37(53)46-32(40(54)48-38)21-29-22-44-31-10-8-7-9-30(29)31/h7-12,19,22,25-26,28,32,38,44H,6,13-18,20-21,23-24H2,1-5H3,(H,43,52)(H,45,55)(H,46,53)(H,48,54)/t25-,26+,32+,38-/m0/s1. The third kappa shape index (κ3) is 10.6. The second kappa shape index (κ2) is 19.7. The highest BCUT2D eigenvalue weighted by Crippen LogP contribution is 2.28. The minimum Gasteiger partial charge on any atom is -0.493 e. The van der Waals surface area contributed by atoms with Gasteiger partial charge in [0.05, 0.1) is 26.8 Å². The molecule has 17 nitrogen and oxygen atoms in total. The van der Waals surface area contributed by atoms with Crippen LogP contribution in [0, 0.1) is 11.8 Å². The van der Waals surface area contributed by atoms with Gasteiger partial charge >= 0.3 is 0 Å². The molecule has 5 amide bonds. The summed E-state index contributed by atoms with van der Waals surface area (Å²) in [6.45, 7) is 5.90. The Kier molecular flexibility index (Phi) is 14.2. The van der Waals surface area contributed by atoms with E-state index in [1.807, 2.05) is 50.2 Å². The van der Waals surface area contributed by atoms with Crippen molar-refractivity contribution in [3.8, 4) is 11.5 Å². The van der Waals surface area contributed by atoms with Crippen molar-refractivity contribution in [3.05, 3.63) is 71.4 Å². The Morgan fingerprint density at radius 3 is 2.46 bits per heavy atom. The fourth-order valence-corrected chi connectivity index (χ4v) is 7.55. The number of hydrogen-bond acceptors (Lipinski definition) is 10. The first kappa shape index (κ1) is 42.6. The molecule has 6 rings (SSSR count). The van der Waals surface area contributed by atoms with E-state index in [9.17, 15) is 24.0 Å². The predicted molar refractivity (Wildman–Crippen MR) is 217 cm³/mol. The second-order valence-corrected chi connectivity index (χ2v) is 15.2. The lowest BCUT2D eigenvalue weighted by molar-refractivity contribution is -0.142. The number of amides is 5. The Hall–Kier alpha value is -5.97. The number of para-hydroxylation sites is 1. The van der Waals surface area contributed by atoms with Gasteiger partial charge in [-0.1, -0.05) is 44.5 Å². The van der Waals surface area contributed by atoms with E-state index in [1.165, 1.54) is 9.58 Å². The highest BCUT2D eigenvalue weighted by Gasteiger charge is 2.34. The van der Waals surface area contributed by atoms with Gasteiger partial charge in [0, 0.05) is 62.2 Å². The first-order valence-electron chi connectivity index (χ1n) is 20.2. The van der Waals surface area contributed by atoms with E-state index in [1.54, 1.807) is 33.4 Å². The number of ether oxygens (including phenoxy) is 3. The summed E-state index contributed by atoms with van der Waals surface area (Å²) in [4.78, 5) is 79.2. The number of nitrogens with zero attached hydrogens (tertiary/aromatic N) is 4. The third-order valence-corrected chi connectivity index (χ3v) is 11.1. The van der Waals surface area contributed by atoms with E-state index >= 15 is 0 Å². The quantitative estimate of drug-likeness (QED) is 0.166. The molecule has 0 saturated carbocycles. The number of carbonyl (C=O) groups is 5. The molecule has 0 unspecified atom stereocenters. The molecular weight excluding hydrogens is 759 g/mol. The molecule has 2 aliphatic heterocycles. The summed E-state index contributed by atoms with van der Waals surface area (Å²) in [6, 6.07) is 10.3. The first-order chi connectivity index (χ1) is 28.5. The number of nitrogens with one attached hydrogen (secondary N) is 5. The number of H-pyrrole nitrogens is 1. The van der Waals surface area contributed by atoms with Gasteiger partial charge in [-0.25, -0.2) is 9.67 Å². The Morgan fingerprint density at radius 2 is 1.71 bits per heavy atom. The monoisotopic (exact) mass is 813 g/mol. The average molecular weight is 814 g/mol. The van der Waals surface area contributed by atoms with Crippen molar-refractivity contribution in [1.82, 2.24) is 45.9 Å². The van der Waals surface area contributed by atoms with Gasteiger partial charge in [0.2, 0.25) is 29.5 Å². The summed E-state index contributed by atoms with van der Waals surface area (Å²) in [6.07, 6.45) is 3.77. The molecule has 2 aromatic carbocycles. The van der Waals surface area contributed by atoms with Gasteiger partial charge in [0.15, 0.2) is 17.3 Å². The van der Waals surface area contributed by atoms with Crippen molar-refractivity contribution >= 4 is 40.4 Å². The SMILES string of the molecule is CC[C@H](C)[C@@H]1NC(=O)[C@@H](Cc2c[nH]c3ccccc23)NC(=O)CN(C(=O)C2CCOCC2)CCNC(=O)Cn2nc(Cc3ccc(OC)c(OC)c3)nc2[C@@H](C)NC1=O. The van der Waals surface area contributed by atoms with E-state index in [-0.39, 0.29) is 56.8 Å². The summed E-state index contributed by atoms with van der Waals surface area (Å²) in [7, 11) is 3.10. The zero-order valence-electron chi connectivity index (χ0n) is 34.3. The van der Waals surface area contributed by atoms with Gasteiger partial charge in [-0.05, 0) is 55.0 Å². The van der Waals surface area contributed by atoms with Crippen LogP contribution in [0.5, 0.6) is 11.5 Å². The molecule has 1 saturated heterocycles. The van der Waals surface area contributed by atoms with E-state index in [0.29, 0.717) is 55.6 Å². The lowest BCUT2D eigenvalue weighted by atomic mass is 9.96. The van der Waals surface area contributed by atoms with Crippen LogP contribution in [-0.2, 0) is 48.1 Å². The molecule has 0 bridgehead atoms. The Morgan fingerprint density at radius 1 is 0.949 bits per heavy atom. The zero-order valence-corrected chi connectivity index (χ0v) is 34.3. The second-order valence-electron chi connectivity index (χ2n) is 15.2. The summed E-state index contributed by atoms with van der Waals surface area (Å²) in [5, 5.41) is 17.3. The van der Waals surface area contributed by atoms with Gasteiger partial charge in [-0.15, -0.1) is 0 Å². The van der Waals surface area contributed by atoms with Crippen molar-refractivity contribution < 1.29 is 38.2 Å². The maximum absolute atomic E-state index is 14.3. The fraction of sp³-hybridized carbons (Fsp3) is 0.500. The third-order valence-electron chi connectivity index (χ3n) is 11.1. The minimum absolute atomic E-state index is 0.0474. The van der Waals surface area contributed by atoms with Crippen LogP contribution in [0.15, 0.2) is 48.7 Å². The molecule has 0 spiro atoms. The number of aromatic amines is 1. The van der Waals surface area contributed by atoms with Crippen molar-refractivity contribution in [2.24, 2.45) is 11.8 Å². The van der Waals surface area contributed by atoms with Crippen molar-refractivity contribution in [2.45, 2.75) is 77.5 Å². The average Bonchev–Trinajstić information content (AvgIpc) is 3.84. The zero-order chi connectivity index (χ0) is 42.1. The summed E-state index contributed by atoms with van der Waals surface area (Å²) < 4.78 is 17.8. The molecule has 2 aromatic heterocycles. The molecule has 0 aliphatic carbocycles. The Bertz CT molecular complexity index is 2130. The molecule has 4 heterocycles. The largest absolute Gasteiger partial charge is 0.493 e. The van der Waals surface area contributed by atoms with Crippen molar-refractivity contribution in [3.63, 3.8) is 0 Å². The molecule has 4 atom stereocenters. The fourth-order valence-electron chi connectivity index (χ4n) is 7.55. The number of benzene rings is 2. The van der Waals surface area contributed by atoms with Crippen LogP contribution >= 0.6 is 0 Å². The highest BCUT2D eigenvalue weighted by molar-refractivity contribution is 5.94. The molecule has 5 N–H and O–H groups in total. The van der Waals surface area contributed by atoms with Crippen LogP contribution in [0.2, 0.25) is 0 Å². The lowest BCUT2D eigenvalue weighted by Crippen LogP contribution is -2.57. The van der Waals surface area contributed by atoms with E-state index in [2.05, 4.69) is 31.3 Å².